The van der Waals surface area contributed by atoms with Crippen LogP contribution < -0.4 is 5.32 Å². The standard InChI is InChI=1S/C13H18BrNO4/c1-18-8-11(7-16)15-6-10-4-3-9(5-12(10)14)13(17)19-2/h3-5,11,15-16H,6-8H2,1-2H3/t11-/m0/s1. The minimum Gasteiger partial charge on any atom is -0.465 e. The highest BCUT2D eigenvalue weighted by atomic mass is 79.9. The molecule has 0 fully saturated rings. The van der Waals surface area contributed by atoms with Gasteiger partial charge in [-0.3, -0.25) is 0 Å². The van der Waals surface area contributed by atoms with Gasteiger partial charge in [-0.05, 0) is 17.7 Å². The van der Waals surface area contributed by atoms with E-state index in [1.165, 1.54) is 7.11 Å². The summed E-state index contributed by atoms with van der Waals surface area (Å²) >= 11 is 3.41. The summed E-state index contributed by atoms with van der Waals surface area (Å²) < 4.78 is 10.5. The van der Waals surface area contributed by atoms with Crippen molar-refractivity contribution in [2.24, 2.45) is 0 Å². The molecule has 5 nitrogen and oxygen atoms in total. The van der Waals surface area contributed by atoms with Crippen molar-refractivity contribution in [3.8, 4) is 0 Å². The van der Waals surface area contributed by atoms with Gasteiger partial charge in [0.1, 0.15) is 0 Å². The van der Waals surface area contributed by atoms with Gasteiger partial charge in [-0.15, -0.1) is 0 Å². The minimum atomic E-state index is -0.368. The Labute approximate surface area is 121 Å². The van der Waals surface area contributed by atoms with Crippen LogP contribution in [0.4, 0.5) is 0 Å². The molecule has 0 saturated heterocycles. The monoisotopic (exact) mass is 331 g/mol. The van der Waals surface area contributed by atoms with E-state index in [0.717, 1.165) is 10.0 Å². The fourth-order valence-electron chi connectivity index (χ4n) is 1.57. The molecular weight excluding hydrogens is 314 g/mol. The van der Waals surface area contributed by atoms with Gasteiger partial charge < -0.3 is 19.9 Å². The lowest BCUT2D eigenvalue weighted by Gasteiger charge is -2.16. The van der Waals surface area contributed by atoms with Gasteiger partial charge in [-0.25, -0.2) is 4.79 Å². The van der Waals surface area contributed by atoms with Crippen LogP contribution in [0.3, 0.4) is 0 Å². The number of carbonyl (C=O) groups excluding carboxylic acids is 1. The zero-order chi connectivity index (χ0) is 14.3. The van der Waals surface area contributed by atoms with E-state index in [1.54, 1.807) is 19.2 Å². The van der Waals surface area contributed by atoms with Crippen LogP contribution in [-0.4, -0.2) is 44.6 Å². The molecule has 6 heteroatoms. The topological polar surface area (TPSA) is 67.8 Å². The molecule has 1 aromatic rings. The summed E-state index contributed by atoms with van der Waals surface area (Å²) in [5.74, 6) is -0.368. The average molecular weight is 332 g/mol. The van der Waals surface area contributed by atoms with Crippen molar-refractivity contribution < 1.29 is 19.4 Å². The van der Waals surface area contributed by atoms with Crippen molar-refractivity contribution in [2.45, 2.75) is 12.6 Å². The number of hydrogen-bond acceptors (Lipinski definition) is 5. The number of nitrogens with one attached hydrogen (secondary N) is 1. The molecule has 1 atom stereocenters. The zero-order valence-corrected chi connectivity index (χ0v) is 12.6. The number of rotatable bonds is 7. The van der Waals surface area contributed by atoms with E-state index in [9.17, 15) is 4.79 Å². The third-order valence-corrected chi connectivity index (χ3v) is 3.38. The van der Waals surface area contributed by atoms with Crippen molar-refractivity contribution in [3.63, 3.8) is 0 Å². The highest BCUT2D eigenvalue weighted by Gasteiger charge is 2.10. The third-order valence-electron chi connectivity index (χ3n) is 2.64. The molecule has 106 valence electrons. The Balaban J connectivity index is 2.67. The molecule has 19 heavy (non-hydrogen) atoms. The van der Waals surface area contributed by atoms with Crippen molar-refractivity contribution in [1.29, 1.82) is 0 Å². The summed E-state index contributed by atoms with van der Waals surface area (Å²) in [5.41, 5.74) is 1.48. The van der Waals surface area contributed by atoms with E-state index < -0.39 is 0 Å². The van der Waals surface area contributed by atoms with Crippen LogP contribution >= 0.6 is 15.9 Å². The van der Waals surface area contributed by atoms with E-state index in [-0.39, 0.29) is 18.6 Å². The molecule has 0 aliphatic carbocycles. The quantitative estimate of drug-likeness (QED) is 0.738. The second-order valence-corrected chi connectivity index (χ2v) is 4.87. The maximum absolute atomic E-state index is 11.4. The molecule has 0 aliphatic heterocycles. The number of carbonyl (C=O) groups is 1. The Morgan fingerprint density at radius 1 is 1.47 bits per heavy atom. The summed E-state index contributed by atoms with van der Waals surface area (Å²) in [7, 11) is 2.94. The van der Waals surface area contributed by atoms with Crippen molar-refractivity contribution >= 4 is 21.9 Å². The van der Waals surface area contributed by atoms with Gasteiger partial charge in [0.2, 0.25) is 0 Å². The summed E-state index contributed by atoms with van der Waals surface area (Å²) in [6.45, 7) is 1.01. The van der Waals surface area contributed by atoms with E-state index >= 15 is 0 Å². The lowest BCUT2D eigenvalue weighted by molar-refractivity contribution is 0.0600. The number of aliphatic hydroxyl groups is 1. The van der Waals surface area contributed by atoms with Gasteiger partial charge in [-0.1, -0.05) is 22.0 Å². The van der Waals surface area contributed by atoms with Gasteiger partial charge in [0.15, 0.2) is 0 Å². The van der Waals surface area contributed by atoms with Crippen molar-refractivity contribution in [1.82, 2.24) is 5.32 Å². The lowest BCUT2D eigenvalue weighted by Crippen LogP contribution is -2.36. The molecule has 1 aromatic carbocycles. The largest absolute Gasteiger partial charge is 0.465 e. The summed E-state index contributed by atoms with van der Waals surface area (Å²) in [6.07, 6.45) is 0. The van der Waals surface area contributed by atoms with Gasteiger partial charge in [0.05, 0.1) is 31.9 Å². The summed E-state index contributed by atoms with van der Waals surface area (Å²) in [5, 5.41) is 12.3. The molecule has 0 bridgehead atoms. The molecule has 0 saturated carbocycles. The number of ether oxygens (including phenoxy) is 2. The van der Waals surface area contributed by atoms with E-state index in [2.05, 4.69) is 26.0 Å². The van der Waals surface area contributed by atoms with Crippen LogP contribution in [-0.2, 0) is 16.0 Å². The zero-order valence-electron chi connectivity index (χ0n) is 11.0. The van der Waals surface area contributed by atoms with Crippen LogP contribution in [0.5, 0.6) is 0 Å². The smallest absolute Gasteiger partial charge is 0.337 e. The molecule has 0 aromatic heterocycles. The Kier molecular flexibility index (Phi) is 7.01. The first kappa shape index (κ1) is 16.1. The van der Waals surface area contributed by atoms with Gasteiger partial charge in [0, 0.05) is 18.1 Å². The SMILES string of the molecule is COC[C@H](CO)NCc1ccc(C(=O)OC)cc1Br. The summed E-state index contributed by atoms with van der Waals surface area (Å²) in [4.78, 5) is 11.4. The lowest BCUT2D eigenvalue weighted by atomic mass is 10.1. The predicted octanol–water partition coefficient (Wildman–Crippen LogP) is 1.33. The maximum atomic E-state index is 11.4. The normalized spacial score (nSPS) is 12.2. The van der Waals surface area contributed by atoms with Crippen molar-refractivity contribution in [3.05, 3.63) is 33.8 Å². The first-order valence-electron chi connectivity index (χ1n) is 5.82. The Morgan fingerprint density at radius 3 is 2.74 bits per heavy atom. The molecule has 0 radical (unpaired) electrons. The molecule has 0 heterocycles. The number of aliphatic hydroxyl groups excluding tert-OH is 1. The second kappa shape index (κ2) is 8.27. The fraction of sp³-hybridized carbons (Fsp3) is 0.462. The molecule has 0 amide bonds. The molecule has 0 spiro atoms. The molecule has 0 aliphatic rings. The highest BCUT2D eigenvalue weighted by Crippen LogP contribution is 2.19. The van der Waals surface area contributed by atoms with Gasteiger partial charge in [-0.2, -0.15) is 0 Å². The van der Waals surface area contributed by atoms with E-state index in [4.69, 9.17) is 9.84 Å². The van der Waals surface area contributed by atoms with Crippen LogP contribution in [0.1, 0.15) is 15.9 Å². The minimum absolute atomic E-state index is 0.00566. The number of halogens is 1. The second-order valence-electron chi connectivity index (χ2n) is 4.01. The fourth-order valence-corrected chi connectivity index (χ4v) is 2.09. The first-order valence-corrected chi connectivity index (χ1v) is 6.61. The van der Waals surface area contributed by atoms with E-state index in [1.807, 2.05) is 6.07 Å². The van der Waals surface area contributed by atoms with Crippen molar-refractivity contribution in [2.75, 3.05) is 27.4 Å². The molecular formula is C13H18BrNO4. The van der Waals surface area contributed by atoms with Crippen LogP contribution in [0.25, 0.3) is 0 Å². The van der Waals surface area contributed by atoms with Crippen LogP contribution in [0.2, 0.25) is 0 Å². The van der Waals surface area contributed by atoms with Crippen LogP contribution in [0, 0.1) is 0 Å². The number of benzene rings is 1. The molecule has 0 unspecified atom stereocenters. The maximum Gasteiger partial charge on any atom is 0.337 e. The summed E-state index contributed by atoms with van der Waals surface area (Å²) in [6, 6.07) is 5.15. The first-order chi connectivity index (χ1) is 9.12. The highest BCUT2D eigenvalue weighted by molar-refractivity contribution is 9.10. The van der Waals surface area contributed by atoms with Crippen LogP contribution in [0.15, 0.2) is 22.7 Å². The Morgan fingerprint density at radius 2 is 2.21 bits per heavy atom. The average Bonchev–Trinajstić information content (AvgIpc) is 2.43. The predicted molar refractivity (Wildman–Crippen MR) is 75.1 cm³/mol. The molecule has 1 rings (SSSR count). The third kappa shape index (κ3) is 4.91. The Bertz CT molecular complexity index is 425. The van der Waals surface area contributed by atoms with Gasteiger partial charge in [0.25, 0.3) is 0 Å². The van der Waals surface area contributed by atoms with Gasteiger partial charge >= 0.3 is 5.97 Å². The number of methoxy groups -OCH3 is 2. The number of esters is 1. The van der Waals surface area contributed by atoms with E-state index in [0.29, 0.717) is 18.7 Å². The Hall–Kier alpha value is -0.950. The molecule has 2 N–H and O–H groups in total. The number of hydrogen-bond donors (Lipinski definition) is 2.